The predicted octanol–water partition coefficient (Wildman–Crippen LogP) is 2.78. The molecule has 1 saturated heterocycles. The minimum absolute atomic E-state index is 0.0587. The second-order valence-electron chi connectivity index (χ2n) is 7.95. The van der Waals surface area contributed by atoms with Gasteiger partial charge in [0.15, 0.2) is 5.82 Å². The fourth-order valence-corrected chi connectivity index (χ4v) is 4.17. The van der Waals surface area contributed by atoms with Crippen molar-refractivity contribution in [2.24, 2.45) is 0 Å². The lowest BCUT2D eigenvalue weighted by molar-refractivity contribution is -0.129. The summed E-state index contributed by atoms with van der Waals surface area (Å²) in [6, 6.07) is 6.07. The van der Waals surface area contributed by atoms with Crippen molar-refractivity contribution < 1.29 is 13.9 Å². The molecule has 2 aliphatic heterocycles. The van der Waals surface area contributed by atoms with Crippen LogP contribution in [0.2, 0.25) is 0 Å². The molecule has 8 heteroatoms. The third-order valence-electron chi connectivity index (χ3n) is 5.68. The molecule has 160 valence electrons. The van der Waals surface area contributed by atoms with Crippen LogP contribution in [0.4, 0.5) is 10.2 Å². The van der Waals surface area contributed by atoms with Crippen LogP contribution in [0.5, 0.6) is 5.75 Å². The topological polar surface area (TPSA) is 70.6 Å². The fourth-order valence-electron chi connectivity index (χ4n) is 4.17. The molecule has 0 spiro atoms. The maximum absolute atomic E-state index is 13.3. The lowest BCUT2D eigenvalue weighted by Crippen LogP contribution is -2.32. The number of nitrogens with one attached hydrogen (secondary N) is 1. The van der Waals surface area contributed by atoms with Crippen molar-refractivity contribution in [3.05, 3.63) is 47.2 Å². The highest BCUT2D eigenvalue weighted by atomic mass is 19.1. The third kappa shape index (κ3) is 4.53. The molecule has 7 nitrogen and oxygen atoms in total. The summed E-state index contributed by atoms with van der Waals surface area (Å²) in [5.74, 6) is 1.78. The second kappa shape index (κ2) is 8.95. The lowest BCUT2D eigenvalue weighted by atomic mass is 10.1. The summed E-state index contributed by atoms with van der Waals surface area (Å²) in [7, 11) is 2.09. The van der Waals surface area contributed by atoms with Gasteiger partial charge < -0.3 is 19.9 Å². The molecule has 0 saturated carbocycles. The first-order valence-electron chi connectivity index (χ1n) is 10.5. The Morgan fingerprint density at radius 1 is 1.33 bits per heavy atom. The molecule has 0 radical (unpaired) electrons. The van der Waals surface area contributed by atoms with Crippen molar-refractivity contribution in [3.63, 3.8) is 0 Å². The summed E-state index contributed by atoms with van der Waals surface area (Å²) in [4.78, 5) is 25.8. The summed E-state index contributed by atoms with van der Waals surface area (Å²) in [6.07, 6.45) is 2.72. The zero-order chi connectivity index (χ0) is 21.1. The summed E-state index contributed by atoms with van der Waals surface area (Å²) >= 11 is 0. The fraction of sp³-hybridized carbons (Fsp3) is 0.500. The molecular formula is C22H28FN5O2. The van der Waals surface area contributed by atoms with E-state index in [-0.39, 0.29) is 17.8 Å². The van der Waals surface area contributed by atoms with Gasteiger partial charge in [0.2, 0.25) is 5.91 Å². The van der Waals surface area contributed by atoms with Crippen molar-refractivity contribution >= 4 is 11.7 Å². The molecule has 1 aromatic heterocycles. The van der Waals surface area contributed by atoms with E-state index in [4.69, 9.17) is 14.7 Å². The number of carbonyl (C=O) groups is 1. The molecule has 1 aromatic carbocycles. The second-order valence-corrected chi connectivity index (χ2v) is 7.95. The molecule has 1 fully saturated rings. The zero-order valence-corrected chi connectivity index (χ0v) is 17.5. The number of nitrogens with zero attached hydrogens (tertiary/aromatic N) is 4. The molecule has 1 atom stereocenters. The van der Waals surface area contributed by atoms with Crippen molar-refractivity contribution in [1.29, 1.82) is 0 Å². The van der Waals surface area contributed by atoms with Crippen LogP contribution in [-0.4, -0.2) is 59.0 Å². The smallest absolute Gasteiger partial charge is 0.220 e. The number of likely N-dealkylation sites (N-methyl/N-ethyl adjacent to an activating group) is 1. The maximum atomic E-state index is 13.3. The number of benzene rings is 1. The number of rotatable bonds is 6. The van der Waals surface area contributed by atoms with Gasteiger partial charge in [0.1, 0.15) is 24.0 Å². The SMILES string of the molecule is CC(=O)N1CCCC1c1nc2c(c(NCCOc3cccc(F)c3)n1)CN(C)CC2. The van der Waals surface area contributed by atoms with E-state index >= 15 is 0 Å². The third-order valence-corrected chi connectivity index (χ3v) is 5.68. The number of hydrogen-bond acceptors (Lipinski definition) is 6. The Morgan fingerprint density at radius 3 is 3.00 bits per heavy atom. The van der Waals surface area contributed by atoms with Crippen molar-refractivity contribution in [3.8, 4) is 5.75 Å². The highest BCUT2D eigenvalue weighted by Crippen LogP contribution is 2.33. The summed E-state index contributed by atoms with van der Waals surface area (Å²) in [6.45, 7) is 5.01. The van der Waals surface area contributed by atoms with Crippen LogP contribution in [0.15, 0.2) is 24.3 Å². The number of amides is 1. The maximum Gasteiger partial charge on any atom is 0.220 e. The quantitative estimate of drug-likeness (QED) is 0.735. The molecule has 0 bridgehead atoms. The van der Waals surface area contributed by atoms with Gasteiger partial charge in [-0.3, -0.25) is 4.79 Å². The Bertz CT molecular complexity index is 922. The van der Waals surface area contributed by atoms with Crippen LogP contribution in [0.3, 0.4) is 0 Å². The number of hydrogen-bond donors (Lipinski definition) is 1. The zero-order valence-electron chi connectivity index (χ0n) is 17.5. The molecule has 2 aliphatic rings. The number of anilines is 1. The van der Waals surface area contributed by atoms with Gasteiger partial charge in [-0.2, -0.15) is 0 Å². The molecule has 0 aliphatic carbocycles. The number of likely N-dealkylation sites (tertiary alicyclic amines) is 1. The number of ether oxygens (including phenoxy) is 1. The number of halogens is 1. The minimum atomic E-state index is -0.315. The average Bonchev–Trinajstić information content (AvgIpc) is 3.21. The average molecular weight is 413 g/mol. The van der Waals surface area contributed by atoms with Crippen LogP contribution >= 0.6 is 0 Å². The Morgan fingerprint density at radius 2 is 2.20 bits per heavy atom. The molecule has 30 heavy (non-hydrogen) atoms. The van der Waals surface area contributed by atoms with Gasteiger partial charge in [-0.05, 0) is 32.0 Å². The van der Waals surface area contributed by atoms with Crippen LogP contribution in [0.25, 0.3) is 0 Å². The van der Waals surface area contributed by atoms with E-state index in [0.717, 1.165) is 61.8 Å². The van der Waals surface area contributed by atoms with E-state index in [1.54, 1.807) is 19.1 Å². The first-order chi connectivity index (χ1) is 14.5. The number of aromatic nitrogens is 2. The van der Waals surface area contributed by atoms with Crippen LogP contribution in [0, 0.1) is 5.82 Å². The Balaban J connectivity index is 1.51. The van der Waals surface area contributed by atoms with Crippen LogP contribution in [-0.2, 0) is 17.8 Å². The van der Waals surface area contributed by atoms with E-state index < -0.39 is 0 Å². The number of fused-ring (bicyclic) bond motifs is 1. The summed E-state index contributed by atoms with van der Waals surface area (Å²) in [5.41, 5.74) is 2.16. The molecule has 1 amide bonds. The predicted molar refractivity (Wildman–Crippen MR) is 112 cm³/mol. The highest BCUT2D eigenvalue weighted by Gasteiger charge is 2.32. The Kier molecular flexibility index (Phi) is 6.13. The Labute approximate surface area is 176 Å². The monoisotopic (exact) mass is 413 g/mol. The van der Waals surface area contributed by atoms with E-state index in [1.807, 2.05) is 4.90 Å². The molecule has 4 rings (SSSR count). The normalized spacial score (nSPS) is 18.9. The molecular weight excluding hydrogens is 385 g/mol. The van der Waals surface area contributed by atoms with Gasteiger partial charge in [-0.25, -0.2) is 14.4 Å². The summed E-state index contributed by atoms with van der Waals surface area (Å²) in [5, 5.41) is 3.39. The highest BCUT2D eigenvalue weighted by molar-refractivity contribution is 5.74. The van der Waals surface area contributed by atoms with E-state index in [2.05, 4.69) is 17.3 Å². The molecule has 1 N–H and O–H groups in total. The van der Waals surface area contributed by atoms with Gasteiger partial charge in [-0.1, -0.05) is 6.07 Å². The first kappa shape index (κ1) is 20.5. The Hall–Kier alpha value is -2.74. The van der Waals surface area contributed by atoms with Gasteiger partial charge in [0.25, 0.3) is 0 Å². The van der Waals surface area contributed by atoms with Crippen LogP contribution < -0.4 is 10.1 Å². The largest absolute Gasteiger partial charge is 0.492 e. The van der Waals surface area contributed by atoms with Crippen molar-refractivity contribution in [2.45, 2.75) is 38.8 Å². The van der Waals surface area contributed by atoms with Gasteiger partial charge in [-0.15, -0.1) is 0 Å². The lowest BCUT2D eigenvalue weighted by Gasteiger charge is -2.28. The minimum Gasteiger partial charge on any atom is -0.492 e. The van der Waals surface area contributed by atoms with Gasteiger partial charge in [0, 0.05) is 44.6 Å². The molecule has 1 unspecified atom stereocenters. The van der Waals surface area contributed by atoms with Crippen molar-refractivity contribution in [1.82, 2.24) is 19.8 Å². The van der Waals surface area contributed by atoms with E-state index in [9.17, 15) is 9.18 Å². The van der Waals surface area contributed by atoms with Gasteiger partial charge in [0.05, 0.1) is 18.3 Å². The number of carbonyl (C=O) groups excluding carboxylic acids is 1. The standard InChI is InChI=1S/C22H28FN5O2/c1-15(29)28-10-4-7-20(28)22-25-19-8-11-27(2)14-18(19)21(26-22)24-9-12-30-17-6-3-5-16(23)13-17/h3,5-6,13,20H,4,7-12,14H2,1-2H3,(H,24,25,26). The van der Waals surface area contributed by atoms with Gasteiger partial charge >= 0.3 is 0 Å². The summed E-state index contributed by atoms with van der Waals surface area (Å²) < 4.78 is 18.9. The van der Waals surface area contributed by atoms with E-state index in [1.165, 1.54) is 12.1 Å². The van der Waals surface area contributed by atoms with Crippen molar-refractivity contribution in [2.75, 3.05) is 38.6 Å². The first-order valence-corrected chi connectivity index (χ1v) is 10.5. The molecule has 2 aromatic rings. The molecule has 3 heterocycles. The van der Waals surface area contributed by atoms with Crippen LogP contribution in [0.1, 0.15) is 42.9 Å². The van der Waals surface area contributed by atoms with E-state index in [0.29, 0.717) is 18.9 Å².